The van der Waals surface area contributed by atoms with Crippen LogP contribution in [0, 0.1) is 0 Å². The van der Waals surface area contributed by atoms with E-state index in [1.54, 1.807) is 24.3 Å². The summed E-state index contributed by atoms with van der Waals surface area (Å²) in [5.41, 5.74) is 0.940. The van der Waals surface area contributed by atoms with Crippen molar-refractivity contribution in [1.82, 2.24) is 4.31 Å². The molecular weight excluding hydrogens is 381 g/mol. The molecule has 1 fully saturated rings. The van der Waals surface area contributed by atoms with Gasteiger partial charge in [0.2, 0.25) is 10.0 Å². The third-order valence-electron chi connectivity index (χ3n) is 4.27. The molecule has 132 valence electrons. The highest BCUT2D eigenvalue weighted by Gasteiger charge is 2.36. The van der Waals surface area contributed by atoms with Crippen LogP contribution >= 0.6 is 23.2 Å². The highest BCUT2D eigenvalue weighted by molar-refractivity contribution is 7.89. The maximum absolute atomic E-state index is 13.0. The Balaban J connectivity index is 1.91. The predicted molar refractivity (Wildman–Crippen MR) is 98.5 cm³/mol. The second-order valence-corrected chi connectivity index (χ2v) is 8.81. The molecule has 0 saturated carbocycles. The van der Waals surface area contributed by atoms with Gasteiger partial charge in [0.1, 0.15) is 5.78 Å². The highest BCUT2D eigenvalue weighted by Crippen LogP contribution is 2.27. The summed E-state index contributed by atoms with van der Waals surface area (Å²) in [7, 11) is -3.71. The Morgan fingerprint density at radius 2 is 1.76 bits per heavy atom. The van der Waals surface area contributed by atoms with Crippen LogP contribution in [-0.4, -0.2) is 31.1 Å². The van der Waals surface area contributed by atoms with E-state index in [4.69, 9.17) is 23.2 Å². The van der Waals surface area contributed by atoms with Crippen molar-refractivity contribution >= 4 is 39.0 Å². The van der Waals surface area contributed by atoms with Crippen LogP contribution in [0.25, 0.3) is 0 Å². The molecular formula is C18H17Cl2NO3S. The van der Waals surface area contributed by atoms with Gasteiger partial charge in [-0.2, -0.15) is 4.31 Å². The molecule has 1 aliphatic heterocycles. The average Bonchev–Trinajstić information content (AvgIpc) is 2.57. The lowest BCUT2D eigenvalue weighted by Crippen LogP contribution is -2.47. The van der Waals surface area contributed by atoms with Crippen LogP contribution in [0.1, 0.15) is 18.4 Å². The number of halogens is 2. The minimum atomic E-state index is -3.71. The zero-order chi connectivity index (χ0) is 18.0. The molecule has 1 aliphatic rings. The fraction of sp³-hybridized carbons (Fsp3) is 0.278. The fourth-order valence-corrected chi connectivity index (χ4v) is 5.08. The largest absolute Gasteiger partial charge is 0.300 e. The topological polar surface area (TPSA) is 54.5 Å². The average molecular weight is 398 g/mol. The molecule has 2 aromatic carbocycles. The molecule has 0 amide bonds. The van der Waals surface area contributed by atoms with Gasteiger partial charge in [-0.15, -0.1) is 0 Å². The maximum Gasteiger partial charge on any atom is 0.243 e. The molecule has 0 radical (unpaired) electrons. The summed E-state index contributed by atoms with van der Waals surface area (Å²) in [6, 6.07) is 13.0. The molecule has 3 rings (SSSR count). The molecule has 0 spiro atoms. The van der Waals surface area contributed by atoms with Gasteiger partial charge in [0.25, 0.3) is 0 Å². The number of nitrogens with zero attached hydrogens (tertiary/aromatic N) is 1. The minimum absolute atomic E-state index is 0.0801. The fourth-order valence-electron chi connectivity index (χ4n) is 3.03. The summed E-state index contributed by atoms with van der Waals surface area (Å²) in [6.07, 6.45) is 0.905. The van der Waals surface area contributed by atoms with Gasteiger partial charge in [0.15, 0.2) is 0 Å². The summed E-state index contributed by atoms with van der Waals surface area (Å²) in [5.74, 6) is 0.0801. The van der Waals surface area contributed by atoms with Crippen LogP contribution in [-0.2, 0) is 21.2 Å². The number of sulfonamides is 1. The lowest BCUT2D eigenvalue weighted by Gasteiger charge is -2.34. The van der Waals surface area contributed by atoms with Crippen LogP contribution < -0.4 is 0 Å². The number of carbonyl (C=O) groups excluding carboxylic acids is 1. The van der Waals surface area contributed by atoms with Gasteiger partial charge in [-0.05, 0) is 42.3 Å². The van der Waals surface area contributed by atoms with Crippen LogP contribution in [0.15, 0.2) is 53.4 Å². The summed E-state index contributed by atoms with van der Waals surface area (Å²) >= 11 is 11.8. The van der Waals surface area contributed by atoms with Gasteiger partial charge >= 0.3 is 0 Å². The van der Waals surface area contributed by atoms with Crippen molar-refractivity contribution in [2.24, 2.45) is 0 Å². The first-order chi connectivity index (χ1) is 11.9. The molecule has 0 N–H and O–H groups in total. The van der Waals surface area contributed by atoms with Crippen LogP contribution in [0.2, 0.25) is 10.0 Å². The quantitative estimate of drug-likeness (QED) is 0.784. The van der Waals surface area contributed by atoms with E-state index in [-0.39, 0.29) is 30.1 Å². The zero-order valence-corrected chi connectivity index (χ0v) is 15.7. The van der Waals surface area contributed by atoms with E-state index >= 15 is 0 Å². The van der Waals surface area contributed by atoms with Gasteiger partial charge in [-0.1, -0.05) is 41.4 Å². The molecule has 1 atom stereocenters. The summed E-state index contributed by atoms with van der Waals surface area (Å²) in [5, 5.41) is 0.982. The Hall–Kier alpha value is -1.40. The molecule has 4 nitrogen and oxygen atoms in total. The van der Waals surface area contributed by atoms with Crippen molar-refractivity contribution in [1.29, 1.82) is 0 Å². The van der Waals surface area contributed by atoms with Crippen molar-refractivity contribution in [3.05, 3.63) is 64.1 Å². The molecule has 0 aromatic heterocycles. The lowest BCUT2D eigenvalue weighted by molar-refractivity contribution is -0.121. The monoisotopic (exact) mass is 397 g/mol. The van der Waals surface area contributed by atoms with Crippen molar-refractivity contribution in [3.8, 4) is 0 Å². The minimum Gasteiger partial charge on any atom is -0.300 e. The van der Waals surface area contributed by atoms with E-state index in [0.29, 0.717) is 16.5 Å². The highest BCUT2D eigenvalue weighted by atomic mass is 35.5. The van der Waals surface area contributed by atoms with Crippen molar-refractivity contribution < 1.29 is 13.2 Å². The molecule has 2 aromatic rings. The van der Waals surface area contributed by atoms with E-state index < -0.39 is 16.1 Å². The number of ketones is 1. The normalized spacial score (nSPS) is 19.1. The van der Waals surface area contributed by atoms with E-state index in [1.807, 2.05) is 12.1 Å². The Kier molecular flexibility index (Phi) is 5.49. The number of benzene rings is 2. The van der Waals surface area contributed by atoms with Gasteiger partial charge in [-0.3, -0.25) is 4.79 Å². The summed E-state index contributed by atoms with van der Waals surface area (Å²) in [6.45, 7) is 0.186. The van der Waals surface area contributed by atoms with E-state index in [9.17, 15) is 13.2 Å². The third kappa shape index (κ3) is 4.23. The molecule has 25 heavy (non-hydrogen) atoms. The smallest absolute Gasteiger partial charge is 0.243 e. The second kappa shape index (κ2) is 7.46. The summed E-state index contributed by atoms with van der Waals surface area (Å²) in [4.78, 5) is 12.1. The maximum atomic E-state index is 13.0. The lowest BCUT2D eigenvalue weighted by atomic mass is 9.97. The first-order valence-corrected chi connectivity index (χ1v) is 10.1. The Morgan fingerprint density at radius 1 is 1.04 bits per heavy atom. The number of hydrogen-bond acceptors (Lipinski definition) is 3. The first-order valence-electron chi connectivity index (χ1n) is 7.90. The van der Waals surface area contributed by atoms with Gasteiger partial charge in [-0.25, -0.2) is 8.42 Å². The van der Waals surface area contributed by atoms with E-state index in [0.717, 1.165) is 5.56 Å². The number of rotatable bonds is 4. The molecule has 7 heteroatoms. The Bertz CT molecular complexity index is 881. The number of piperidine rings is 1. The van der Waals surface area contributed by atoms with Crippen LogP contribution in [0.4, 0.5) is 0 Å². The SMILES string of the molecule is O=C1CCN(S(=O)(=O)c2cccc(Cl)c2)C(Cc2ccc(Cl)cc2)C1. The summed E-state index contributed by atoms with van der Waals surface area (Å²) < 4.78 is 27.5. The first kappa shape index (κ1) is 18.4. The molecule has 1 heterocycles. The second-order valence-electron chi connectivity index (χ2n) is 6.05. The third-order valence-corrected chi connectivity index (χ3v) is 6.70. The number of Topliss-reactive ketones (excluding diaryl/α,β-unsaturated/α-hetero) is 1. The van der Waals surface area contributed by atoms with Crippen LogP contribution in [0.3, 0.4) is 0 Å². The Labute approximate surface area is 157 Å². The van der Waals surface area contributed by atoms with Crippen molar-refractivity contribution in [3.63, 3.8) is 0 Å². The van der Waals surface area contributed by atoms with Gasteiger partial charge < -0.3 is 0 Å². The zero-order valence-electron chi connectivity index (χ0n) is 13.4. The van der Waals surface area contributed by atoms with Gasteiger partial charge in [0.05, 0.1) is 4.90 Å². The van der Waals surface area contributed by atoms with Gasteiger partial charge in [0, 0.05) is 35.5 Å². The van der Waals surface area contributed by atoms with Crippen LogP contribution in [0.5, 0.6) is 0 Å². The van der Waals surface area contributed by atoms with Crippen molar-refractivity contribution in [2.75, 3.05) is 6.54 Å². The molecule has 0 bridgehead atoms. The number of carbonyl (C=O) groups is 1. The predicted octanol–water partition coefficient (Wildman–Crippen LogP) is 3.96. The van der Waals surface area contributed by atoms with E-state index in [1.165, 1.54) is 16.4 Å². The number of hydrogen-bond donors (Lipinski definition) is 0. The molecule has 1 unspecified atom stereocenters. The van der Waals surface area contributed by atoms with E-state index in [2.05, 4.69) is 0 Å². The standard InChI is InChI=1S/C18H17Cl2NO3S/c19-14-6-4-13(5-7-14)10-16-12-17(22)8-9-21(16)25(23,24)18-3-1-2-15(20)11-18/h1-7,11,16H,8-10,12H2. The van der Waals surface area contributed by atoms with Crippen molar-refractivity contribution in [2.45, 2.75) is 30.2 Å². The Morgan fingerprint density at radius 3 is 2.44 bits per heavy atom. The molecule has 0 aliphatic carbocycles. The molecule has 1 saturated heterocycles.